The van der Waals surface area contributed by atoms with Crippen molar-refractivity contribution in [1.82, 2.24) is 9.97 Å². The largest absolute Gasteiger partial charge is 0.497 e. The molecule has 0 saturated heterocycles. The van der Waals surface area contributed by atoms with Crippen LogP contribution in [0, 0.1) is 5.82 Å². The Kier molecular flexibility index (Phi) is 4.81. The summed E-state index contributed by atoms with van der Waals surface area (Å²) >= 11 is 0. The molecule has 5 heteroatoms. The fourth-order valence-corrected chi connectivity index (χ4v) is 3.12. The van der Waals surface area contributed by atoms with Gasteiger partial charge in [0.1, 0.15) is 23.1 Å². The summed E-state index contributed by atoms with van der Waals surface area (Å²) in [5.74, 6) is 1.60. The third-order valence-electron chi connectivity index (χ3n) is 4.53. The first-order valence-electron chi connectivity index (χ1n) is 8.83. The molecule has 0 bridgehead atoms. The van der Waals surface area contributed by atoms with Gasteiger partial charge in [0, 0.05) is 11.1 Å². The van der Waals surface area contributed by atoms with Gasteiger partial charge in [-0.05, 0) is 36.4 Å². The molecular formula is C23H19FN2O2. The van der Waals surface area contributed by atoms with Crippen molar-refractivity contribution in [3.8, 4) is 45.4 Å². The molecule has 4 nitrogen and oxygen atoms in total. The van der Waals surface area contributed by atoms with Gasteiger partial charge in [-0.15, -0.1) is 0 Å². The molecule has 0 saturated carbocycles. The van der Waals surface area contributed by atoms with E-state index in [0.717, 1.165) is 28.3 Å². The highest BCUT2D eigenvalue weighted by molar-refractivity contribution is 5.82. The van der Waals surface area contributed by atoms with E-state index in [1.54, 1.807) is 32.4 Å². The second kappa shape index (κ2) is 7.56. The van der Waals surface area contributed by atoms with Crippen LogP contribution in [0.15, 0.2) is 72.8 Å². The molecule has 0 aliphatic rings. The van der Waals surface area contributed by atoms with Gasteiger partial charge in [-0.25, -0.2) is 9.37 Å². The van der Waals surface area contributed by atoms with Gasteiger partial charge in [0.25, 0.3) is 0 Å². The number of aromatic nitrogens is 2. The van der Waals surface area contributed by atoms with Crippen LogP contribution in [-0.4, -0.2) is 24.2 Å². The van der Waals surface area contributed by atoms with Crippen LogP contribution in [0.25, 0.3) is 33.9 Å². The fourth-order valence-electron chi connectivity index (χ4n) is 3.12. The molecule has 4 aromatic rings. The average Bonchev–Trinajstić information content (AvgIpc) is 3.19. The van der Waals surface area contributed by atoms with Crippen molar-refractivity contribution in [3.63, 3.8) is 0 Å². The highest BCUT2D eigenvalue weighted by atomic mass is 19.1. The maximum absolute atomic E-state index is 14.4. The van der Waals surface area contributed by atoms with E-state index >= 15 is 0 Å². The number of nitrogens with zero attached hydrogens (tertiary/aromatic N) is 1. The topological polar surface area (TPSA) is 47.1 Å². The molecule has 1 N–H and O–H groups in total. The summed E-state index contributed by atoms with van der Waals surface area (Å²) < 4.78 is 25.1. The maximum atomic E-state index is 14.4. The molecule has 0 aliphatic carbocycles. The van der Waals surface area contributed by atoms with Crippen LogP contribution in [0.2, 0.25) is 0 Å². The molecule has 0 atom stereocenters. The summed E-state index contributed by atoms with van der Waals surface area (Å²) in [6.07, 6.45) is 0. The lowest BCUT2D eigenvalue weighted by Crippen LogP contribution is -1.88. The van der Waals surface area contributed by atoms with Gasteiger partial charge in [0.05, 0.1) is 31.2 Å². The van der Waals surface area contributed by atoms with Gasteiger partial charge in [-0.3, -0.25) is 0 Å². The first-order chi connectivity index (χ1) is 13.7. The molecule has 0 spiro atoms. The number of hydrogen-bond donors (Lipinski definition) is 1. The molecule has 0 unspecified atom stereocenters. The number of hydrogen-bond acceptors (Lipinski definition) is 3. The van der Waals surface area contributed by atoms with E-state index < -0.39 is 0 Å². The number of nitrogens with one attached hydrogen (secondary N) is 1. The highest BCUT2D eigenvalue weighted by Crippen LogP contribution is 2.35. The number of H-pyrrole nitrogens is 1. The van der Waals surface area contributed by atoms with Crippen molar-refractivity contribution < 1.29 is 13.9 Å². The molecule has 0 fully saturated rings. The predicted octanol–water partition coefficient (Wildman–Crippen LogP) is 5.57. The lowest BCUT2D eigenvalue weighted by molar-refractivity contribution is 0.415. The van der Waals surface area contributed by atoms with Gasteiger partial charge >= 0.3 is 0 Å². The predicted molar refractivity (Wildman–Crippen MR) is 108 cm³/mol. The zero-order chi connectivity index (χ0) is 19.5. The smallest absolute Gasteiger partial charge is 0.141 e. The Labute approximate surface area is 162 Å². The molecule has 1 heterocycles. The Morgan fingerprint density at radius 3 is 2.11 bits per heavy atom. The highest BCUT2D eigenvalue weighted by Gasteiger charge is 2.18. The standard InChI is InChI=1S/C23H19FN2O2/c1-27-17-9-5-7-15(13-17)21-22(16-8-6-10-18(14-16)28-2)26-23(25-21)19-11-3-4-12-20(19)24/h3-14H,1-2H3,(H,25,26). The average molecular weight is 374 g/mol. The molecule has 28 heavy (non-hydrogen) atoms. The number of methoxy groups -OCH3 is 2. The van der Waals surface area contributed by atoms with Crippen molar-refractivity contribution >= 4 is 0 Å². The molecule has 140 valence electrons. The number of imidazole rings is 1. The number of aromatic amines is 1. The minimum Gasteiger partial charge on any atom is -0.497 e. The zero-order valence-electron chi connectivity index (χ0n) is 15.6. The first-order valence-corrected chi connectivity index (χ1v) is 8.83. The van der Waals surface area contributed by atoms with Crippen LogP contribution in [0.3, 0.4) is 0 Å². The third kappa shape index (κ3) is 3.34. The SMILES string of the molecule is COc1cccc(-c2nc(-c3ccccc3F)[nH]c2-c2cccc(OC)c2)c1. The Balaban J connectivity index is 1.93. The van der Waals surface area contributed by atoms with Crippen LogP contribution in [0.1, 0.15) is 0 Å². The summed E-state index contributed by atoms with van der Waals surface area (Å²) in [5, 5.41) is 0. The van der Waals surface area contributed by atoms with E-state index in [-0.39, 0.29) is 5.82 Å². The van der Waals surface area contributed by atoms with Crippen molar-refractivity contribution in [1.29, 1.82) is 0 Å². The molecule has 0 amide bonds. The van der Waals surface area contributed by atoms with E-state index in [2.05, 4.69) is 4.98 Å². The zero-order valence-corrected chi connectivity index (χ0v) is 15.6. The van der Waals surface area contributed by atoms with E-state index in [9.17, 15) is 4.39 Å². The van der Waals surface area contributed by atoms with E-state index in [4.69, 9.17) is 14.5 Å². The Bertz CT molecular complexity index is 1060. The van der Waals surface area contributed by atoms with E-state index in [0.29, 0.717) is 17.1 Å². The Morgan fingerprint density at radius 1 is 0.786 bits per heavy atom. The molecule has 4 rings (SSSR count). The Hall–Kier alpha value is -3.60. The lowest BCUT2D eigenvalue weighted by Gasteiger charge is -2.07. The van der Waals surface area contributed by atoms with Gasteiger partial charge in [0.2, 0.25) is 0 Å². The summed E-state index contributed by atoms with van der Waals surface area (Å²) in [6, 6.07) is 21.9. The fraction of sp³-hybridized carbons (Fsp3) is 0.0870. The van der Waals surface area contributed by atoms with Crippen LogP contribution in [0.4, 0.5) is 4.39 Å². The quantitative estimate of drug-likeness (QED) is 0.497. The summed E-state index contributed by atoms with van der Waals surface area (Å²) in [6.45, 7) is 0. The summed E-state index contributed by atoms with van der Waals surface area (Å²) in [5.41, 5.74) is 3.68. The van der Waals surface area contributed by atoms with Gasteiger partial charge < -0.3 is 14.5 Å². The monoisotopic (exact) mass is 374 g/mol. The second-order valence-corrected chi connectivity index (χ2v) is 6.25. The van der Waals surface area contributed by atoms with Crippen molar-refractivity contribution in [3.05, 3.63) is 78.6 Å². The lowest BCUT2D eigenvalue weighted by atomic mass is 10.0. The molecule has 0 aliphatic heterocycles. The van der Waals surface area contributed by atoms with Gasteiger partial charge in [-0.2, -0.15) is 0 Å². The van der Waals surface area contributed by atoms with Crippen molar-refractivity contribution in [2.24, 2.45) is 0 Å². The van der Waals surface area contributed by atoms with Crippen LogP contribution in [-0.2, 0) is 0 Å². The van der Waals surface area contributed by atoms with Crippen LogP contribution < -0.4 is 9.47 Å². The number of rotatable bonds is 5. The van der Waals surface area contributed by atoms with Crippen LogP contribution >= 0.6 is 0 Å². The number of halogens is 1. The molecular weight excluding hydrogens is 355 g/mol. The van der Waals surface area contributed by atoms with E-state index in [1.165, 1.54) is 6.07 Å². The normalized spacial score (nSPS) is 10.7. The van der Waals surface area contributed by atoms with Crippen molar-refractivity contribution in [2.75, 3.05) is 14.2 Å². The summed E-state index contributed by atoms with van der Waals surface area (Å²) in [4.78, 5) is 8.02. The minimum atomic E-state index is -0.328. The second-order valence-electron chi connectivity index (χ2n) is 6.25. The maximum Gasteiger partial charge on any atom is 0.141 e. The third-order valence-corrected chi connectivity index (χ3v) is 4.53. The molecule has 1 aromatic heterocycles. The van der Waals surface area contributed by atoms with Crippen LogP contribution in [0.5, 0.6) is 11.5 Å². The first kappa shape index (κ1) is 17.8. The minimum absolute atomic E-state index is 0.328. The Morgan fingerprint density at radius 2 is 1.43 bits per heavy atom. The molecule has 3 aromatic carbocycles. The van der Waals surface area contributed by atoms with Crippen molar-refractivity contribution in [2.45, 2.75) is 0 Å². The van der Waals surface area contributed by atoms with Gasteiger partial charge in [0.15, 0.2) is 0 Å². The number of ether oxygens (including phenoxy) is 2. The summed E-state index contributed by atoms with van der Waals surface area (Å²) in [7, 11) is 3.25. The van der Waals surface area contributed by atoms with E-state index in [1.807, 2.05) is 48.5 Å². The number of benzene rings is 3. The van der Waals surface area contributed by atoms with Gasteiger partial charge in [-0.1, -0.05) is 36.4 Å². The molecule has 0 radical (unpaired) electrons.